The molecule has 2 heteroatoms. The van der Waals surface area contributed by atoms with Gasteiger partial charge in [0.2, 0.25) is 0 Å². The van der Waals surface area contributed by atoms with E-state index in [4.69, 9.17) is 4.74 Å². The Labute approximate surface area is 238 Å². The highest BCUT2D eigenvalue weighted by molar-refractivity contribution is 5.69. The van der Waals surface area contributed by atoms with Crippen LogP contribution in [0.25, 0.3) is 0 Å². The second-order valence-electron chi connectivity index (χ2n) is 10.8. The van der Waals surface area contributed by atoms with Crippen LogP contribution in [0.3, 0.4) is 0 Å². The molecule has 0 saturated carbocycles. The minimum Gasteiger partial charge on any atom is -0.466 e. The lowest BCUT2D eigenvalue weighted by Crippen LogP contribution is -2.05. The van der Waals surface area contributed by atoms with Crippen LogP contribution in [0.5, 0.6) is 0 Å². The number of hydrogen-bond donors (Lipinski definition) is 0. The zero-order valence-electron chi connectivity index (χ0n) is 25.6. The molecular weight excluding hydrogens is 464 g/mol. The Balaban J connectivity index is 3.32. The van der Waals surface area contributed by atoms with Crippen LogP contribution in [-0.2, 0) is 9.53 Å². The van der Waals surface area contributed by atoms with E-state index in [0.717, 1.165) is 38.5 Å². The number of hydrogen-bond acceptors (Lipinski definition) is 2. The lowest BCUT2D eigenvalue weighted by Gasteiger charge is -2.04. The molecule has 0 bridgehead atoms. The van der Waals surface area contributed by atoms with Gasteiger partial charge in [0.15, 0.2) is 0 Å². The van der Waals surface area contributed by atoms with Crippen molar-refractivity contribution in [1.29, 1.82) is 0 Å². The molecule has 0 aliphatic carbocycles. The molecule has 0 fully saturated rings. The number of esters is 1. The summed E-state index contributed by atoms with van der Waals surface area (Å²) in [5.41, 5.74) is 0. The van der Waals surface area contributed by atoms with Crippen molar-refractivity contribution in [1.82, 2.24) is 0 Å². The molecule has 0 aliphatic heterocycles. The molecule has 0 saturated heterocycles. The van der Waals surface area contributed by atoms with Crippen molar-refractivity contribution in [3.63, 3.8) is 0 Å². The number of ether oxygens (including phenoxy) is 1. The number of rotatable bonds is 29. The van der Waals surface area contributed by atoms with Gasteiger partial charge in [0.1, 0.15) is 0 Å². The minimum atomic E-state index is -0.0209. The van der Waals surface area contributed by atoms with Crippen LogP contribution in [0.1, 0.15) is 168 Å². The quantitative estimate of drug-likeness (QED) is 0.0548. The van der Waals surface area contributed by atoms with Gasteiger partial charge < -0.3 is 4.74 Å². The molecule has 0 spiro atoms. The van der Waals surface area contributed by atoms with Gasteiger partial charge in [0.05, 0.1) is 6.61 Å². The van der Waals surface area contributed by atoms with E-state index in [-0.39, 0.29) is 5.97 Å². The van der Waals surface area contributed by atoms with Crippen LogP contribution in [0, 0.1) is 0 Å². The van der Waals surface area contributed by atoms with Crippen LogP contribution in [0.4, 0.5) is 0 Å². The van der Waals surface area contributed by atoms with E-state index < -0.39 is 0 Å². The highest BCUT2D eigenvalue weighted by Gasteiger charge is 2.01. The first-order valence-electron chi connectivity index (χ1n) is 16.6. The lowest BCUT2D eigenvalue weighted by molar-refractivity contribution is -0.143. The average molecular weight is 529 g/mol. The summed E-state index contributed by atoms with van der Waals surface area (Å²) in [6.07, 6.45) is 47.3. The van der Waals surface area contributed by atoms with Gasteiger partial charge in [-0.2, -0.15) is 0 Å². The largest absolute Gasteiger partial charge is 0.466 e. The summed E-state index contributed by atoms with van der Waals surface area (Å²) in [5.74, 6) is -0.0209. The number of allylic oxidation sites excluding steroid dienone is 8. The second kappa shape index (κ2) is 33.5. The predicted octanol–water partition coefficient (Wildman–Crippen LogP) is 12.2. The summed E-state index contributed by atoms with van der Waals surface area (Å²) in [5, 5.41) is 0. The number of unbranched alkanes of at least 4 members (excludes halogenated alkanes) is 17. The topological polar surface area (TPSA) is 26.3 Å². The first-order valence-corrected chi connectivity index (χ1v) is 16.6. The molecule has 0 aromatic carbocycles. The lowest BCUT2D eigenvalue weighted by atomic mass is 10.1. The highest BCUT2D eigenvalue weighted by atomic mass is 16.5. The van der Waals surface area contributed by atoms with Gasteiger partial charge in [-0.25, -0.2) is 0 Å². The fourth-order valence-corrected chi connectivity index (χ4v) is 4.43. The van der Waals surface area contributed by atoms with E-state index in [1.807, 2.05) is 0 Å². The average Bonchev–Trinajstić information content (AvgIpc) is 2.92. The van der Waals surface area contributed by atoms with Crippen molar-refractivity contribution in [3.05, 3.63) is 48.6 Å². The van der Waals surface area contributed by atoms with Crippen LogP contribution in [-0.4, -0.2) is 12.6 Å². The molecular formula is C36H64O2. The number of carbonyl (C=O) groups is 1. The molecule has 38 heavy (non-hydrogen) atoms. The molecule has 0 rings (SSSR count). The maximum absolute atomic E-state index is 11.9. The zero-order chi connectivity index (χ0) is 27.6. The molecule has 0 amide bonds. The maximum Gasteiger partial charge on any atom is 0.305 e. The molecule has 0 heterocycles. The van der Waals surface area contributed by atoms with Gasteiger partial charge in [-0.3, -0.25) is 4.79 Å². The third-order valence-corrected chi connectivity index (χ3v) is 6.94. The Morgan fingerprint density at radius 3 is 1.37 bits per heavy atom. The predicted molar refractivity (Wildman–Crippen MR) is 170 cm³/mol. The van der Waals surface area contributed by atoms with Crippen molar-refractivity contribution in [2.45, 2.75) is 168 Å². The monoisotopic (exact) mass is 528 g/mol. The Morgan fingerprint density at radius 2 is 0.816 bits per heavy atom. The minimum absolute atomic E-state index is 0.0209. The Bertz CT molecular complexity index is 584. The van der Waals surface area contributed by atoms with Crippen LogP contribution in [0.2, 0.25) is 0 Å². The molecule has 0 aliphatic rings. The second-order valence-corrected chi connectivity index (χ2v) is 10.8. The molecule has 0 aromatic rings. The Morgan fingerprint density at radius 1 is 0.447 bits per heavy atom. The summed E-state index contributed by atoms with van der Waals surface area (Å²) in [6.45, 7) is 5.12. The van der Waals surface area contributed by atoms with Gasteiger partial charge in [-0.15, -0.1) is 0 Å². The molecule has 0 aromatic heterocycles. The highest BCUT2D eigenvalue weighted by Crippen LogP contribution is 2.10. The van der Waals surface area contributed by atoms with E-state index in [1.165, 1.54) is 109 Å². The van der Waals surface area contributed by atoms with E-state index in [9.17, 15) is 4.79 Å². The first kappa shape index (κ1) is 36.4. The summed E-state index contributed by atoms with van der Waals surface area (Å²) in [6, 6.07) is 0. The molecule has 0 atom stereocenters. The molecule has 220 valence electrons. The van der Waals surface area contributed by atoms with E-state index in [0.29, 0.717) is 13.0 Å². The standard InChI is InChI=1S/C36H64O2/c1-3-5-7-9-11-13-15-17-19-21-23-25-27-29-31-33-35-38-36(37)34-32-30-28-26-24-22-20-18-16-14-12-10-8-6-4-2/h12,14,17-20,24,26H,3-11,13,15-16,21-23,25,27-35H2,1-2H3/b14-12-,19-17-,20-18-,26-24-. The summed E-state index contributed by atoms with van der Waals surface area (Å²) in [4.78, 5) is 11.9. The van der Waals surface area contributed by atoms with Crippen LogP contribution < -0.4 is 0 Å². The molecule has 0 radical (unpaired) electrons. The SMILES string of the molecule is CCCCC/C=C\C/C=C\C/C=C\CCCCC(=O)OCCCCCCCC/C=C\CCCCCCCC. The van der Waals surface area contributed by atoms with Gasteiger partial charge in [-0.05, 0) is 77.0 Å². The van der Waals surface area contributed by atoms with Crippen molar-refractivity contribution in [2.75, 3.05) is 6.61 Å². The van der Waals surface area contributed by atoms with Gasteiger partial charge >= 0.3 is 5.97 Å². The fraction of sp³-hybridized carbons (Fsp3) is 0.750. The third-order valence-electron chi connectivity index (χ3n) is 6.94. The van der Waals surface area contributed by atoms with Crippen LogP contribution in [0.15, 0.2) is 48.6 Å². The van der Waals surface area contributed by atoms with E-state index in [2.05, 4.69) is 62.5 Å². The van der Waals surface area contributed by atoms with Gasteiger partial charge in [0.25, 0.3) is 0 Å². The smallest absolute Gasteiger partial charge is 0.305 e. The number of carbonyl (C=O) groups excluding carboxylic acids is 1. The van der Waals surface area contributed by atoms with Gasteiger partial charge in [0, 0.05) is 6.42 Å². The van der Waals surface area contributed by atoms with Gasteiger partial charge in [-0.1, -0.05) is 133 Å². The summed E-state index contributed by atoms with van der Waals surface area (Å²) in [7, 11) is 0. The van der Waals surface area contributed by atoms with Crippen LogP contribution >= 0.6 is 0 Å². The summed E-state index contributed by atoms with van der Waals surface area (Å²) >= 11 is 0. The van der Waals surface area contributed by atoms with Crippen molar-refractivity contribution in [2.24, 2.45) is 0 Å². The molecule has 0 unspecified atom stereocenters. The molecule has 2 nitrogen and oxygen atoms in total. The Kier molecular flexibility index (Phi) is 32.1. The van der Waals surface area contributed by atoms with E-state index in [1.54, 1.807) is 0 Å². The molecule has 0 N–H and O–H groups in total. The normalized spacial score (nSPS) is 12.2. The van der Waals surface area contributed by atoms with Crippen molar-refractivity contribution in [3.8, 4) is 0 Å². The third kappa shape index (κ3) is 32.5. The van der Waals surface area contributed by atoms with Crippen molar-refractivity contribution >= 4 is 5.97 Å². The van der Waals surface area contributed by atoms with E-state index >= 15 is 0 Å². The Hall–Kier alpha value is -1.57. The fourth-order valence-electron chi connectivity index (χ4n) is 4.43. The maximum atomic E-state index is 11.9. The summed E-state index contributed by atoms with van der Waals surface area (Å²) < 4.78 is 5.40. The zero-order valence-corrected chi connectivity index (χ0v) is 25.6. The van der Waals surface area contributed by atoms with Crippen molar-refractivity contribution < 1.29 is 9.53 Å². The first-order chi connectivity index (χ1) is 18.8.